The predicted molar refractivity (Wildman–Crippen MR) is 55.8 cm³/mol. The van der Waals surface area contributed by atoms with Crippen molar-refractivity contribution in [3.05, 3.63) is 0 Å². The predicted octanol–water partition coefficient (Wildman–Crippen LogP) is -0.202. The molecule has 0 saturated heterocycles. The molecule has 0 radical (unpaired) electrons. The van der Waals surface area contributed by atoms with Gasteiger partial charge in [0.2, 0.25) is 0 Å². The van der Waals surface area contributed by atoms with Crippen LogP contribution in [0.25, 0.3) is 0 Å². The molecule has 92 valence electrons. The molecule has 0 heterocycles. The van der Waals surface area contributed by atoms with Crippen LogP contribution in [0.15, 0.2) is 0 Å². The van der Waals surface area contributed by atoms with Gasteiger partial charge in [-0.05, 0) is 6.42 Å². The summed E-state index contributed by atoms with van der Waals surface area (Å²) < 4.78 is 15.6. The quantitative estimate of drug-likeness (QED) is 0.501. The van der Waals surface area contributed by atoms with Crippen molar-refractivity contribution < 1.29 is 24.4 Å². The maximum absolute atomic E-state index is 9.01. The Labute approximate surface area is 91.0 Å². The summed E-state index contributed by atoms with van der Waals surface area (Å²) in [6.45, 7) is 3.42. The van der Waals surface area contributed by atoms with E-state index in [2.05, 4.69) is 0 Å². The minimum atomic E-state index is -0.820. The second kappa shape index (κ2) is 10.3. The molecule has 2 N–H and O–H groups in total. The Morgan fingerprint density at radius 3 is 2.33 bits per heavy atom. The van der Waals surface area contributed by atoms with E-state index < -0.39 is 6.10 Å². The lowest BCUT2D eigenvalue weighted by Gasteiger charge is -2.16. The van der Waals surface area contributed by atoms with E-state index in [0.29, 0.717) is 19.8 Å². The molecule has 0 amide bonds. The fourth-order valence-electron chi connectivity index (χ4n) is 0.932. The second-order valence-corrected chi connectivity index (χ2v) is 3.31. The highest BCUT2D eigenvalue weighted by atomic mass is 16.6. The van der Waals surface area contributed by atoms with Gasteiger partial charge in [0, 0.05) is 13.7 Å². The number of ether oxygens (including phenoxy) is 3. The first-order valence-corrected chi connectivity index (χ1v) is 5.21. The van der Waals surface area contributed by atoms with Gasteiger partial charge in [-0.3, -0.25) is 0 Å². The Balaban J connectivity index is 3.43. The Morgan fingerprint density at radius 1 is 1.13 bits per heavy atom. The summed E-state index contributed by atoms with van der Waals surface area (Å²) in [6.07, 6.45) is 0.0297. The summed E-state index contributed by atoms with van der Waals surface area (Å²) in [7, 11) is 1.59. The molecule has 5 nitrogen and oxygen atoms in total. The minimum Gasteiger partial charge on any atom is -0.394 e. The van der Waals surface area contributed by atoms with Crippen LogP contribution in [0.5, 0.6) is 0 Å². The average molecular weight is 222 g/mol. The van der Waals surface area contributed by atoms with Crippen LogP contribution in [0.1, 0.15) is 13.3 Å². The van der Waals surface area contributed by atoms with Gasteiger partial charge in [0.15, 0.2) is 0 Å². The minimum absolute atomic E-state index is 0.115. The third kappa shape index (κ3) is 8.77. The molecule has 0 fully saturated rings. The van der Waals surface area contributed by atoms with Gasteiger partial charge in [-0.1, -0.05) is 6.92 Å². The van der Waals surface area contributed by atoms with Crippen LogP contribution in [-0.2, 0) is 14.2 Å². The molecule has 5 heteroatoms. The molecule has 0 aromatic carbocycles. The lowest BCUT2D eigenvalue weighted by molar-refractivity contribution is -0.0622. The van der Waals surface area contributed by atoms with Crippen molar-refractivity contribution in [1.29, 1.82) is 0 Å². The Hall–Kier alpha value is -0.200. The van der Waals surface area contributed by atoms with Crippen molar-refractivity contribution in [3.63, 3.8) is 0 Å². The molecule has 0 bridgehead atoms. The summed E-state index contributed by atoms with van der Waals surface area (Å²) in [6, 6.07) is 0. The monoisotopic (exact) mass is 222 g/mol. The summed E-state index contributed by atoms with van der Waals surface area (Å²) in [5.74, 6) is 0. The largest absolute Gasteiger partial charge is 0.394 e. The van der Waals surface area contributed by atoms with Gasteiger partial charge in [-0.15, -0.1) is 0 Å². The third-order valence-electron chi connectivity index (χ3n) is 1.81. The highest BCUT2D eigenvalue weighted by molar-refractivity contribution is 4.56. The molecule has 2 unspecified atom stereocenters. The Kier molecular flexibility index (Phi) is 10.2. The van der Waals surface area contributed by atoms with Gasteiger partial charge in [0.05, 0.1) is 26.4 Å². The molecule has 0 saturated carbocycles. The lowest BCUT2D eigenvalue weighted by Crippen LogP contribution is -2.28. The number of methoxy groups -OCH3 is 1. The van der Waals surface area contributed by atoms with Gasteiger partial charge in [-0.25, -0.2) is 0 Å². The topological polar surface area (TPSA) is 68.2 Å². The first-order valence-electron chi connectivity index (χ1n) is 5.21. The van der Waals surface area contributed by atoms with E-state index in [9.17, 15) is 0 Å². The van der Waals surface area contributed by atoms with Crippen LogP contribution in [0, 0.1) is 0 Å². The molecular weight excluding hydrogens is 200 g/mol. The maximum atomic E-state index is 9.01. The van der Waals surface area contributed by atoms with E-state index in [4.69, 9.17) is 24.4 Å². The van der Waals surface area contributed by atoms with Gasteiger partial charge in [-0.2, -0.15) is 0 Å². The average Bonchev–Trinajstić information content (AvgIpc) is 2.26. The van der Waals surface area contributed by atoms with Crippen molar-refractivity contribution in [2.24, 2.45) is 0 Å². The fraction of sp³-hybridized carbons (Fsp3) is 1.00. The molecule has 15 heavy (non-hydrogen) atoms. The molecule has 0 aliphatic rings. The molecule has 2 atom stereocenters. The van der Waals surface area contributed by atoms with Crippen LogP contribution in [0.3, 0.4) is 0 Å². The van der Waals surface area contributed by atoms with Crippen molar-refractivity contribution in [2.45, 2.75) is 25.6 Å². The summed E-state index contributed by atoms with van der Waals surface area (Å²) in [4.78, 5) is 0. The van der Waals surface area contributed by atoms with Gasteiger partial charge in [0.1, 0.15) is 12.2 Å². The molecule has 0 aromatic rings. The van der Waals surface area contributed by atoms with Crippen molar-refractivity contribution in [3.8, 4) is 0 Å². The van der Waals surface area contributed by atoms with Gasteiger partial charge in [0.25, 0.3) is 0 Å². The Morgan fingerprint density at radius 2 is 1.80 bits per heavy atom. The zero-order valence-electron chi connectivity index (χ0n) is 9.52. The van der Waals surface area contributed by atoms with Crippen LogP contribution >= 0.6 is 0 Å². The van der Waals surface area contributed by atoms with Crippen molar-refractivity contribution in [2.75, 3.05) is 40.1 Å². The van der Waals surface area contributed by atoms with E-state index in [1.165, 1.54) is 0 Å². The van der Waals surface area contributed by atoms with E-state index in [1.54, 1.807) is 7.11 Å². The summed E-state index contributed by atoms with van der Waals surface area (Å²) in [5.41, 5.74) is 0. The van der Waals surface area contributed by atoms with Crippen LogP contribution < -0.4 is 0 Å². The zero-order valence-corrected chi connectivity index (χ0v) is 9.52. The number of aliphatic hydroxyl groups excluding tert-OH is 2. The van der Waals surface area contributed by atoms with Crippen LogP contribution in [0.2, 0.25) is 0 Å². The molecule has 0 aromatic heterocycles. The maximum Gasteiger partial charge on any atom is 0.104 e. The normalized spacial score (nSPS) is 15.2. The van der Waals surface area contributed by atoms with Crippen LogP contribution in [-0.4, -0.2) is 62.6 Å². The fourth-order valence-corrected chi connectivity index (χ4v) is 0.932. The highest BCUT2D eigenvalue weighted by Gasteiger charge is 2.09. The summed E-state index contributed by atoms with van der Waals surface area (Å²) in [5, 5.41) is 17.6. The second-order valence-electron chi connectivity index (χ2n) is 3.31. The van der Waals surface area contributed by atoms with Gasteiger partial charge < -0.3 is 24.4 Å². The molecule has 0 aliphatic carbocycles. The molecule has 0 aliphatic heterocycles. The number of rotatable bonds is 10. The molecule has 0 spiro atoms. The van der Waals surface area contributed by atoms with Crippen molar-refractivity contribution in [1.82, 2.24) is 0 Å². The van der Waals surface area contributed by atoms with E-state index in [1.807, 2.05) is 6.92 Å². The Bertz CT molecular complexity index is 131. The SMILES string of the molecule is CCCOCC(COCC(O)CO)OC. The highest BCUT2D eigenvalue weighted by Crippen LogP contribution is 1.95. The lowest BCUT2D eigenvalue weighted by atomic mass is 10.4. The first kappa shape index (κ1) is 14.8. The zero-order chi connectivity index (χ0) is 11.5. The smallest absolute Gasteiger partial charge is 0.104 e. The third-order valence-corrected chi connectivity index (χ3v) is 1.81. The molecule has 0 rings (SSSR count). The number of aliphatic hydroxyl groups is 2. The summed E-state index contributed by atoms with van der Waals surface area (Å²) >= 11 is 0. The van der Waals surface area contributed by atoms with E-state index in [-0.39, 0.29) is 19.3 Å². The van der Waals surface area contributed by atoms with E-state index in [0.717, 1.165) is 6.42 Å². The number of hydrogen-bond donors (Lipinski definition) is 2. The van der Waals surface area contributed by atoms with Crippen LogP contribution in [0.4, 0.5) is 0 Å². The van der Waals surface area contributed by atoms with Gasteiger partial charge >= 0.3 is 0 Å². The standard InChI is InChI=1S/C10H22O5/c1-3-4-14-7-10(13-2)8-15-6-9(12)5-11/h9-12H,3-8H2,1-2H3. The van der Waals surface area contributed by atoms with E-state index >= 15 is 0 Å². The number of hydrogen-bond acceptors (Lipinski definition) is 5. The first-order chi connectivity index (χ1) is 7.24. The van der Waals surface area contributed by atoms with Crippen molar-refractivity contribution >= 4 is 0 Å². The molecular formula is C10H22O5.